The lowest BCUT2D eigenvalue weighted by Crippen LogP contribution is -2.15. The Hall–Kier alpha value is -2.46. The summed E-state index contributed by atoms with van der Waals surface area (Å²) in [4.78, 5) is 19.4. The molecule has 1 heterocycles. The van der Waals surface area contributed by atoms with Crippen molar-refractivity contribution in [1.82, 2.24) is 9.97 Å². The summed E-state index contributed by atoms with van der Waals surface area (Å²) < 4.78 is 5.64. The summed E-state index contributed by atoms with van der Waals surface area (Å²) in [6.45, 7) is 0.527. The highest BCUT2D eigenvalue weighted by molar-refractivity contribution is 7.99. The van der Waals surface area contributed by atoms with Crippen LogP contribution in [0.5, 0.6) is 5.75 Å². The van der Waals surface area contributed by atoms with E-state index in [9.17, 15) is 10.1 Å². The molecule has 2 aromatic carbocycles. The molecule has 0 unspecified atom stereocenters. The molecule has 0 radical (unpaired) electrons. The van der Waals surface area contributed by atoms with Gasteiger partial charge < -0.3 is 9.72 Å². The van der Waals surface area contributed by atoms with E-state index >= 15 is 0 Å². The van der Waals surface area contributed by atoms with Gasteiger partial charge in [-0.15, -0.1) is 0 Å². The monoisotopic (exact) mass is 431 g/mol. The molecule has 1 N–H and O–H groups in total. The number of rotatable bonds is 7. The Morgan fingerprint density at radius 3 is 2.36 bits per heavy atom. The van der Waals surface area contributed by atoms with Gasteiger partial charge in [-0.25, -0.2) is 4.98 Å². The van der Waals surface area contributed by atoms with Crippen LogP contribution in [-0.2, 0) is 0 Å². The van der Waals surface area contributed by atoms with Gasteiger partial charge in [0.05, 0.1) is 12.3 Å². The molecule has 0 fully saturated rings. The molecule has 0 aliphatic heterocycles. The molecule has 0 spiro atoms. The molecule has 0 saturated heterocycles. The molecule has 0 bridgehead atoms. The van der Waals surface area contributed by atoms with Gasteiger partial charge in [-0.3, -0.25) is 4.79 Å². The molecule has 1 aromatic heterocycles. The van der Waals surface area contributed by atoms with Crippen molar-refractivity contribution in [1.29, 1.82) is 5.26 Å². The van der Waals surface area contributed by atoms with Gasteiger partial charge in [0.2, 0.25) is 0 Å². The largest absolute Gasteiger partial charge is 0.494 e. The van der Waals surface area contributed by atoms with Gasteiger partial charge in [0.1, 0.15) is 17.4 Å². The highest BCUT2D eigenvalue weighted by Crippen LogP contribution is 2.24. The number of aromatic nitrogens is 2. The highest BCUT2D eigenvalue weighted by Gasteiger charge is 2.13. The van der Waals surface area contributed by atoms with Gasteiger partial charge >= 0.3 is 0 Å². The molecule has 3 aromatic rings. The second kappa shape index (κ2) is 9.65. The van der Waals surface area contributed by atoms with Gasteiger partial charge in [0, 0.05) is 21.4 Å². The van der Waals surface area contributed by atoms with Crippen molar-refractivity contribution in [2.45, 2.75) is 11.6 Å². The zero-order chi connectivity index (χ0) is 19.9. The topological polar surface area (TPSA) is 78.8 Å². The van der Waals surface area contributed by atoms with Crippen LogP contribution in [0.3, 0.4) is 0 Å². The maximum Gasteiger partial charge on any atom is 0.270 e. The highest BCUT2D eigenvalue weighted by atomic mass is 35.5. The first-order valence-electron chi connectivity index (χ1n) is 8.38. The first-order chi connectivity index (χ1) is 13.6. The third kappa shape index (κ3) is 5.29. The van der Waals surface area contributed by atoms with Crippen LogP contribution in [0.15, 0.2) is 58.5 Å². The number of hydrogen-bond donors (Lipinski definition) is 1. The Morgan fingerprint density at radius 2 is 1.71 bits per heavy atom. The van der Waals surface area contributed by atoms with Crippen molar-refractivity contribution in [3.8, 4) is 23.1 Å². The Balaban J connectivity index is 1.64. The van der Waals surface area contributed by atoms with Crippen LogP contribution < -0.4 is 10.3 Å². The summed E-state index contributed by atoms with van der Waals surface area (Å²) in [6, 6.07) is 16.0. The summed E-state index contributed by atoms with van der Waals surface area (Å²) in [5.41, 5.74) is 0.544. The molecule has 0 atom stereocenters. The molecular formula is C20H15Cl2N3O2S. The van der Waals surface area contributed by atoms with E-state index in [-0.39, 0.29) is 5.56 Å². The zero-order valence-electron chi connectivity index (χ0n) is 14.6. The van der Waals surface area contributed by atoms with Gasteiger partial charge in [-0.05, 0) is 42.8 Å². The molecule has 28 heavy (non-hydrogen) atoms. The van der Waals surface area contributed by atoms with Crippen LogP contribution in [0.2, 0.25) is 10.0 Å². The van der Waals surface area contributed by atoms with E-state index in [1.807, 2.05) is 18.2 Å². The van der Waals surface area contributed by atoms with E-state index in [1.165, 1.54) is 11.8 Å². The normalized spacial score (nSPS) is 10.5. The summed E-state index contributed by atoms with van der Waals surface area (Å²) in [5.74, 6) is 1.45. The molecule has 3 rings (SSSR count). The smallest absolute Gasteiger partial charge is 0.270 e. The van der Waals surface area contributed by atoms with Crippen molar-refractivity contribution < 1.29 is 4.74 Å². The summed E-state index contributed by atoms with van der Waals surface area (Å²) >= 11 is 13.2. The SMILES string of the molecule is N#Cc1c(-c2ccc(Cl)cc2)nc(SCCCOc2ccc(Cl)cc2)[nH]c1=O. The predicted octanol–water partition coefficient (Wildman–Crippen LogP) is 5.18. The van der Waals surface area contributed by atoms with Crippen LogP contribution in [-0.4, -0.2) is 22.3 Å². The molecule has 8 heteroatoms. The Kier molecular flexibility index (Phi) is 6.99. The van der Waals surface area contributed by atoms with Crippen LogP contribution in [0, 0.1) is 11.3 Å². The van der Waals surface area contributed by atoms with E-state index in [4.69, 9.17) is 27.9 Å². The average Bonchev–Trinajstić information content (AvgIpc) is 2.69. The fraction of sp³-hybridized carbons (Fsp3) is 0.150. The first kappa shape index (κ1) is 20.3. The molecule has 0 aliphatic rings. The minimum absolute atomic E-state index is 0.0160. The van der Waals surface area contributed by atoms with Gasteiger partial charge in [0.15, 0.2) is 5.16 Å². The maximum absolute atomic E-state index is 12.2. The number of ether oxygens (including phenoxy) is 1. The van der Waals surface area contributed by atoms with Crippen molar-refractivity contribution in [2.75, 3.05) is 12.4 Å². The quantitative estimate of drug-likeness (QED) is 0.316. The van der Waals surface area contributed by atoms with Crippen molar-refractivity contribution >= 4 is 35.0 Å². The lowest BCUT2D eigenvalue weighted by Gasteiger charge is -2.08. The number of benzene rings is 2. The molecule has 5 nitrogen and oxygen atoms in total. The fourth-order valence-electron chi connectivity index (χ4n) is 2.39. The van der Waals surface area contributed by atoms with E-state index in [2.05, 4.69) is 9.97 Å². The number of hydrogen-bond acceptors (Lipinski definition) is 5. The third-order valence-corrected chi connectivity index (χ3v) is 5.20. The summed E-state index contributed by atoms with van der Waals surface area (Å²) in [5, 5.41) is 11.0. The van der Waals surface area contributed by atoms with Crippen LogP contribution >= 0.6 is 35.0 Å². The standard InChI is InChI=1S/C20H15Cl2N3O2S/c21-14-4-2-13(3-5-14)18-17(12-23)19(26)25-20(24-18)28-11-1-10-27-16-8-6-15(22)7-9-16/h2-9H,1,10-11H2,(H,24,25,26). The second-order valence-corrected chi connectivity index (χ2v) is 7.67. The van der Waals surface area contributed by atoms with E-state index < -0.39 is 5.56 Å². The lowest BCUT2D eigenvalue weighted by molar-refractivity contribution is 0.318. The van der Waals surface area contributed by atoms with Crippen molar-refractivity contribution in [3.05, 3.63) is 74.5 Å². The summed E-state index contributed by atoms with van der Waals surface area (Å²) in [7, 11) is 0. The number of H-pyrrole nitrogens is 1. The average molecular weight is 432 g/mol. The maximum atomic E-state index is 12.2. The fourth-order valence-corrected chi connectivity index (χ4v) is 3.42. The number of nitrogens with one attached hydrogen (secondary N) is 1. The minimum Gasteiger partial charge on any atom is -0.494 e. The number of thioether (sulfide) groups is 1. The Morgan fingerprint density at radius 1 is 1.07 bits per heavy atom. The second-order valence-electron chi connectivity index (χ2n) is 5.72. The van der Waals surface area contributed by atoms with Crippen LogP contribution in [0.1, 0.15) is 12.0 Å². The first-order valence-corrected chi connectivity index (χ1v) is 10.1. The lowest BCUT2D eigenvalue weighted by atomic mass is 10.1. The van der Waals surface area contributed by atoms with Gasteiger partial charge in [-0.1, -0.05) is 47.1 Å². The molecule has 142 valence electrons. The third-order valence-electron chi connectivity index (χ3n) is 3.74. The zero-order valence-corrected chi connectivity index (χ0v) is 16.9. The van der Waals surface area contributed by atoms with E-state index in [0.29, 0.717) is 38.8 Å². The van der Waals surface area contributed by atoms with Crippen molar-refractivity contribution in [3.63, 3.8) is 0 Å². The molecule has 0 amide bonds. The number of aromatic amines is 1. The Bertz CT molecular complexity index is 1050. The van der Waals surface area contributed by atoms with Crippen molar-refractivity contribution in [2.24, 2.45) is 0 Å². The van der Waals surface area contributed by atoms with Crippen LogP contribution in [0.4, 0.5) is 0 Å². The molecule has 0 aliphatic carbocycles. The molecular weight excluding hydrogens is 417 g/mol. The van der Waals surface area contributed by atoms with E-state index in [0.717, 1.165) is 12.2 Å². The molecule has 0 saturated carbocycles. The Labute approximate surface area is 176 Å². The minimum atomic E-state index is -0.456. The van der Waals surface area contributed by atoms with Gasteiger partial charge in [-0.2, -0.15) is 5.26 Å². The predicted molar refractivity (Wildman–Crippen MR) is 112 cm³/mol. The van der Waals surface area contributed by atoms with Crippen LogP contribution in [0.25, 0.3) is 11.3 Å². The van der Waals surface area contributed by atoms with Gasteiger partial charge in [0.25, 0.3) is 5.56 Å². The summed E-state index contributed by atoms with van der Waals surface area (Å²) in [6.07, 6.45) is 0.757. The van der Waals surface area contributed by atoms with E-state index in [1.54, 1.807) is 36.4 Å². The number of nitrogens with zero attached hydrogens (tertiary/aromatic N) is 2. The number of nitriles is 1. The number of halogens is 2.